The summed E-state index contributed by atoms with van der Waals surface area (Å²) < 4.78 is 31.1. The van der Waals surface area contributed by atoms with Crippen LogP contribution < -0.4 is 14.4 Å². The van der Waals surface area contributed by atoms with Gasteiger partial charge in [0.1, 0.15) is 11.8 Å². The number of hydrogen-bond donors (Lipinski definition) is 1. The monoisotopic (exact) mass is 529 g/mol. The summed E-state index contributed by atoms with van der Waals surface area (Å²) in [6.07, 6.45) is 1.37. The molecule has 34 heavy (non-hydrogen) atoms. The molecule has 2 amide bonds. The minimum absolute atomic E-state index is 0.0395. The van der Waals surface area contributed by atoms with Crippen molar-refractivity contribution in [2.45, 2.75) is 32.4 Å². The molecule has 0 heterocycles. The van der Waals surface area contributed by atoms with Crippen molar-refractivity contribution in [3.63, 3.8) is 0 Å². The predicted octanol–water partition coefficient (Wildman–Crippen LogP) is 3.71. The molecule has 0 aliphatic rings. The summed E-state index contributed by atoms with van der Waals surface area (Å²) in [5, 5.41) is 3.36. The molecular formula is C23H29Cl2N3O5S. The minimum Gasteiger partial charge on any atom is -0.495 e. The van der Waals surface area contributed by atoms with E-state index in [9.17, 15) is 18.0 Å². The number of rotatable bonds is 11. The Labute approximate surface area is 210 Å². The molecule has 0 fully saturated rings. The average molecular weight is 530 g/mol. The summed E-state index contributed by atoms with van der Waals surface area (Å²) >= 11 is 12.2. The van der Waals surface area contributed by atoms with Gasteiger partial charge in [0.15, 0.2) is 0 Å². The van der Waals surface area contributed by atoms with Crippen molar-refractivity contribution in [2.75, 3.05) is 31.3 Å². The second-order valence-electron chi connectivity index (χ2n) is 7.70. The van der Waals surface area contributed by atoms with Crippen LogP contribution in [-0.4, -0.2) is 58.1 Å². The predicted molar refractivity (Wildman–Crippen MR) is 135 cm³/mol. The number of nitrogens with zero attached hydrogens (tertiary/aromatic N) is 2. The first-order valence-corrected chi connectivity index (χ1v) is 13.1. The van der Waals surface area contributed by atoms with Crippen molar-refractivity contribution in [3.05, 3.63) is 58.1 Å². The Balaban J connectivity index is 2.17. The number of nitrogens with one attached hydrogen (secondary N) is 1. The van der Waals surface area contributed by atoms with E-state index in [1.54, 1.807) is 37.3 Å². The Bertz CT molecular complexity index is 1130. The van der Waals surface area contributed by atoms with Gasteiger partial charge in [0, 0.05) is 31.6 Å². The van der Waals surface area contributed by atoms with Crippen LogP contribution in [0.2, 0.25) is 10.0 Å². The van der Waals surface area contributed by atoms with Crippen LogP contribution in [0, 0.1) is 0 Å². The number of amides is 2. The van der Waals surface area contributed by atoms with Gasteiger partial charge >= 0.3 is 0 Å². The van der Waals surface area contributed by atoms with Gasteiger partial charge in [-0.3, -0.25) is 13.9 Å². The van der Waals surface area contributed by atoms with Crippen LogP contribution in [0.1, 0.15) is 25.3 Å². The van der Waals surface area contributed by atoms with E-state index in [1.165, 1.54) is 29.4 Å². The van der Waals surface area contributed by atoms with Gasteiger partial charge in [0.25, 0.3) is 0 Å². The standard InChI is InChI=1S/C23H29Cl2N3O5S/c1-16(23(30)26-2)27(15-17-7-5-8-18(24)13-17)22(29)9-6-12-28(34(4,31)32)19-10-11-21(33-3)20(25)14-19/h5,7-8,10-11,13-14,16H,6,9,12,15H2,1-4H3,(H,26,30)/t16-/m1/s1. The van der Waals surface area contributed by atoms with Crippen molar-refractivity contribution in [2.24, 2.45) is 0 Å². The molecule has 0 saturated carbocycles. The Morgan fingerprint density at radius 3 is 2.41 bits per heavy atom. The van der Waals surface area contributed by atoms with E-state index < -0.39 is 16.1 Å². The molecule has 1 atom stereocenters. The molecular weight excluding hydrogens is 501 g/mol. The molecule has 1 N–H and O–H groups in total. The van der Waals surface area contributed by atoms with E-state index in [1.807, 2.05) is 6.07 Å². The number of carbonyl (C=O) groups is 2. The molecule has 0 spiro atoms. The normalized spacial score (nSPS) is 12.1. The van der Waals surface area contributed by atoms with E-state index in [0.29, 0.717) is 16.5 Å². The van der Waals surface area contributed by atoms with Crippen LogP contribution in [-0.2, 0) is 26.2 Å². The van der Waals surface area contributed by atoms with Crippen LogP contribution in [0.3, 0.4) is 0 Å². The number of anilines is 1. The molecule has 0 saturated heterocycles. The van der Waals surface area contributed by atoms with E-state index in [4.69, 9.17) is 27.9 Å². The number of sulfonamides is 1. The van der Waals surface area contributed by atoms with E-state index in [0.717, 1.165) is 11.8 Å². The Hall–Kier alpha value is -2.49. The topological polar surface area (TPSA) is 96.0 Å². The largest absolute Gasteiger partial charge is 0.495 e. The maximum atomic E-state index is 13.1. The van der Waals surface area contributed by atoms with E-state index in [-0.39, 0.29) is 42.8 Å². The Morgan fingerprint density at radius 1 is 1.15 bits per heavy atom. The van der Waals surface area contributed by atoms with Crippen LogP contribution in [0.5, 0.6) is 5.75 Å². The Morgan fingerprint density at radius 2 is 1.85 bits per heavy atom. The molecule has 2 rings (SSSR count). The molecule has 0 aliphatic heterocycles. The number of hydrogen-bond acceptors (Lipinski definition) is 5. The van der Waals surface area contributed by atoms with Gasteiger partial charge in [-0.2, -0.15) is 0 Å². The molecule has 0 aliphatic carbocycles. The highest BCUT2D eigenvalue weighted by Crippen LogP contribution is 2.30. The number of carbonyl (C=O) groups excluding carboxylic acids is 2. The summed E-state index contributed by atoms with van der Waals surface area (Å²) in [4.78, 5) is 26.8. The van der Waals surface area contributed by atoms with Gasteiger partial charge in [0.2, 0.25) is 21.8 Å². The summed E-state index contributed by atoms with van der Waals surface area (Å²) in [5.74, 6) is -0.160. The highest BCUT2D eigenvalue weighted by atomic mass is 35.5. The third-order valence-corrected chi connectivity index (χ3v) is 6.96. The van der Waals surface area contributed by atoms with Crippen LogP contribution in [0.15, 0.2) is 42.5 Å². The molecule has 186 valence electrons. The quantitative estimate of drug-likeness (QED) is 0.478. The van der Waals surface area contributed by atoms with Gasteiger partial charge in [-0.15, -0.1) is 0 Å². The maximum absolute atomic E-state index is 13.1. The van der Waals surface area contributed by atoms with Crippen molar-refractivity contribution in [3.8, 4) is 5.75 Å². The van der Waals surface area contributed by atoms with E-state index >= 15 is 0 Å². The Kier molecular flexibility index (Phi) is 10.0. The van der Waals surface area contributed by atoms with Crippen molar-refractivity contribution < 1.29 is 22.7 Å². The summed E-state index contributed by atoms with van der Waals surface area (Å²) in [6.45, 7) is 1.90. The van der Waals surface area contributed by atoms with Crippen molar-refractivity contribution in [1.29, 1.82) is 0 Å². The fraction of sp³-hybridized carbons (Fsp3) is 0.391. The molecule has 2 aromatic rings. The van der Waals surface area contributed by atoms with Crippen molar-refractivity contribution in [1.82, 2.24) is 10.2 Å². The smallest absolute Gasteiger partial charge is 0.242 e. The summed E-state index contributed by atoms with van der Waals surface area (Å²) in [5.41, 5.74) is 1.15. The van der Waals surface area contributed by atoms with Crippen LogP contribution in [0.4, 0.5) is 5.69 Å². The molecule has 0 bridgehead atoms. The second-order valence-corrected chi connectivity index (χ2v) is 10.4. The van der Waals surface area contributed by atoms with E-state index in [2.05, 4.69) is 5.32 Å². The number of likely N-dealkylation sites (N-methyl/N-ethyl adjacent to an activating group) is 1. The lowest BCUT2D eigenvalue weighted by atomic mass is 10.1. The lowest BCUT2D eigenvalue weighted by Crippen LogP contribution is -2.46. The van der Waals surface area contributed by atoms with Gasteiger partial charge in [-0.05, 0) is 49.2 Å². The SMILES string of the molecule is CNC(=O)[C@@H](C)N(Cc1cccc(Cl)c1)C(=O)CCCN(c1ccc(OC)c(Cl)c1)S(C)(=O)=O. The third kappa shape index (κ3) is 7.51. The van der Waals surface area contributed by atoms with Gasteiger partial charge < -0.3 is 15.0 Å². The molecule has 11 heteroatoms. The van der Waals surface area contributed by atoms with Gasteiger partial charge in [0.05, 0.1) is 24.1 Å². The van der Waals surface area contributed by atoms with Crippen LogP contribution >= 0.6 is 23.2 Å². The number of halogens is 2. The minimum atomic E-state index is -3.63. The zero-order valence-electron chi connectivity index (χ0n) is 19.5. The van der Waals surface area contributed by atoms with Crippen LogP contribution in [0.25, 0.3) is 0 Å². The lowest BCUT2D eigenvalue weighted by molar-refractivity contribution is -0.140. The fourth-order valence-corrected chi connectivity index (χ4v) is 4.86. The zero-order valence-corrected chi connectivity index (χ0v) is 21.9. The molecule has 0 unspecified atom stereocenters. The molecule has 8 nitrogen and oxygen atoms in total. The molecule has 0 aromatic heterocycles. The first-order chi connectivity index (χ1) is 16.0. The van der Waals surface area contributed by atoms with Gasteiger partial charge in [-0.25, -0.2) is 8.42 Å². The first-order valence-electron chi connectivity index (χ1n) is 10.5. The second kappa shape index (κ2) is 12.3. The number of methoxy groups -OCH3 is 1. The molecule has 2 aromatic carbocycles. The maximum Gasteiger partial charge on any atom is 0.242 e. The lowest BCUT2D eigenvalue weighted by Gasteiger charge is -2.29. The zero-order chi connectivity index (χ0) is 25.5. The first kappa shape index (κ1) is 27.8. The summed E-state index contributed by atoms with van der Waals surface area (Å²) in [6, 6.07) is 11.0. The van der Waals surface area contributed by atoms with Crippen molar-refractivity contribution >= 4 is 50.7 Å². The number of ether oxygens (including phenoxy) is 1. The number of benzene rings is 2. The third-order valence-electron chi connectivity index (χ3n) is 5.23. The average Bonchev–Trinajstić information content (AvgIpc) is 2.78. The summed E-state index contributed by atoms with van der Waals surface area (Å²) in [7, 11) is -0.656. The van der Waals surface area contributed by atoms with Gasteiger partial charge in [-0.1, -0.05) is 35.3 Å². The fourth-order valence-electron chi connectivity index (χ4n) is 3.44. The highest BCUT2D eigenvalue weighted by Gasteiger charge is 2.26. The molecule has 0 radical (unpaired) electrons. The highest BCUT2D eigenvalue weighted by molar-refractivity contribution is 7.92.